The Hall–Kier alpha value is -1.11. The van der Waals surface area contributed by atoms with Crippen LogP contribution in [0.2, 0.25) is 0 Å². The fourth-order valence-corrected chi connectivity index (χ4v) is 1.15. The molecule has 0 bridgehead atoms. The molecule has 70 valence electrons. The first-order chi connectivity index (χ1) is 6.43. The Balaban J connectivity index is 2.20. The summed E-state index contributed by atoms with van der Waals surface area (Å²) in [7, 11) is 0. The molecule has 0 atom stereocenters. The second-order valence-corrected chi connectivity index (χ2v) is 3.11. The normalized spacial score (nSPS) is 10.8. The molecule has 1 aromatic rings. The van der Waals surface area contributed by atoms with Crippen LogP contribution in [-0.4, -0.2) is 12.8 Å². The molecule has 1 aromatic carbocycles. The van der Waals surface area contributed by atoms with Crippen LogP contribution in [0.1, 0.15) is 25.3 Å². The van der Waals surface area contributed by atoms with Crippen molar-refractivity contribution >= 4 is 6.21 Å². The molecule has 1 rings (SSSR count). The molecule has 0 radical (unpaired) electrons. The van der Waals surface area contributed by atoms with Crippen LogP contribution in [0.3, 0.4) is 0 Å². The molecule has 0 aliphatic rings. The van der Waals surface area contributed by atoms with Gasteiger partial charge in [0, 0.05) is 6.54 Å². The van der Waals surface area contributed by atoms with E-state index < -0.39 is 0 Å². The monoisotopic (exact) mass is 175 g/mol. The highest BCUT2D eigenvalue weighted by Crippen LogP contribution is 1.99. The maximum absolute atomic E-state index is 4.33. The van der Waals surface area contributed by atoms with Gasteiger partial charge in [0.25, 0.3) is 0 Å². The summed E-state index contributed by atoms with van der Waals surface area (Å²) in [6.07, 6.45) is 5.38. The first-order valence-corrected chi connectivity index (χ1v) is 4.95. The average molecular weight is 175 g/mol. The molecule has 0 aliphatic heterocycles. The summed E-state index contributed by atoms with van der Waals surface area (Å²) in [6.45, 7) is 3.09. The second kappa shape index (κ2) is 6.41. The van der Waals surface area contributed by atoms with Gasteiger partial charge in [0.1, 0.15) is 0 Å². The van der Waals surface area contributed by atoms with Crippen LogP contribution < -0.4 is 0 Å². The Morgan fingerprint density at radius 3 is 2.69 bits per heavy atom. The summed E-state index contributed by atoms with van der Waals surface area (Å²) in [6, 6.07) is 10.5. The van der Waals surface area contributed by atoms with E-state index in [0.29, 0.717) is 0 Å². The smallest absolute Gasteiger partial charge is 0.0425 e. The van der Waals surface area contributed by atoms with Crippen LogP contribution in [0.4, 0.5) is 0 Å². The van der Waals surface area contributed by atoms with Gasteiger partial charge >= 0.3 is 0 Å². The molecular weight excluding hydrogens is 158 g/mol. The van der Waals surface area contributed by atoms with Crippen LogP contribution in [0, 0.1) is 0 Å². The zero-order valence-electron chi connectivity index (χ0n) is 8.24. The summed E-state index contributed by atoms with van der Waals surface area (Å²) in [4.78, 5) is 4.33. The summed E-state index contributed by atoms with van der Waals surface area (Å²) in [5.41, 5.74) is 1.37. The molecule has 0 spiro atoms. The Bertz CT molecular complexity index is 239. The lowest BCUT2D eigenvalue weighted by atomic mass is 10.2. The molecule has 13 heavy (non-hydrogen) atoms. The molecule has 0 aliphatic carbocycles. The number of benzene rings is 1. The van der Waals surface area contributed by atoms with Crippen molar-refractivity contribution in [2.45, 2.75) is 26.2 Å². The molecular formula is C12H17N. The predicted octanol–water partition coefficient (Wildman–Crippen LogP) is 3.10. The van der Waals surface area contributed by atoms with Gasteiger partial charge in [-0.3, -0.25) is 4.99 Å². The molecule has 1 nitrogen and oxygen atoms in total. The summed E-state index contributed by atoms with van der Waals surface area (Å²) >= 11 is 0. The van der Waals surface area contributed by atoms with Crippen molar-refractivity contribution in [2.75, 3.05) is 6.54 Å². The molecule has 0 saturated carbocycles. The minimum atomic E-state index is 0.921. The van der Waals surface area contributed by atoms with Crippen molar-refractivity contribution in [1.29, 1.82) is 0 Å². The van der Waals surface area contributed by atoms with E-state index in [2.05, 4.69) is 36.2 Å². The predicted molar refractivity (Wildman–Crippen MR) is 58.4 cm³/mol. The third kappa shape index (κ3) is 4.46. The average Bonchev–Trinajstić information content (AvgIpc) is 2.19. The van der Waals surface area contributed by atoms with E-state index in [1.807, 2.05) is 12.3 Å². The van der Waals surface area contributed by atoms with Gasteiger partial charge in [0.15, 0.2) is 0 Å². The molecule has 1 heteroatoms. The first kappa shape index (κ1) is 9.97. The van der Waals surface area contributed by atoms with Gasteiger partial charge < -0.3 is 0 Å². The van der Waals surface area contributed by atoms with Gasteiger partial charge in [-0.1, -0.05) is 43.7 Å². The van der Waals surface area contributed by atoms with Crippen LogP contribution in [-0.2, 0) is 6.42 Å². The summed E-state index contributed by atoms with van der Waals surface area (Å²) in [5.74, 6) is 0. The highest BCUT2D eigenvalue weighted by atomic mass is 14.7. The summed E-state index contributed by atoms with van der Waals surface area (Å²) < 4.78 is 0. The van der Waals surface area contributed by atoms with E-state index in [4.69, 9.17) is 0 Å². The Kier molecular flexibility index (Phi) is 4.92. The van der Waals surface area contributed by atoms with Crippen molar-refractivity contribution in [3.05, 3.63) is 35.9 Å². The Morgan fingerprint density at radius 2 is 2.00 bits per heavy atom. The van der Waals surface area contributed by atoms with Crippen molar-refractivity contribution in [3.63, 3.8) is 0 Å². The van der Waals surface area contributed by atoms with Crippen molar-refractivity contribution in [2.24, 2.45) is 4.99 Å². The molecule has 0 amide bonds. The van der Waals surface area contributed by atoms with E-state index in [1.165, 1.54) is 12.0 Å². The molecule has 0 saturated heterocycles. The van der Waals surface area contributed by atoms with E-state index in [0.717, 1.165) is 19.4 Å². The lowest BCUT2D eigenvalue weighted by molar-refractivity contribution is 0.948. The minimum absolute atomic E-state index is 0.921. The zero-order chi connectivity index (χ0) is 9.36. The van der Waals surface area contributed by atoms with Gasteiger partial charge in [0.05, 0.1) is 0 Å². The zero-order valence-corrected chi connectivity index (χ0v) is 8.24. The molecule has 0 heterocycles. The molecule has 0 fully saturated rings. The SMILES string of the molecule is CCCC=NCCc1ccccc1. The highest BCUT2D eigenvalue weighted by Gasteiger charge is 1.87. The number of aliphatic imine (C=N–C) groups is 1. The second-order valence-electron chi connectivity index (χ2n) is 3.11. The van der Waals surface area contributed by atoms with Crippen LogP contribution in [0.5, 0.6) is 0 Å². The number of hydrogen-bond donors (Lipinski definition) is 0. The van der Waals surface area contributed by atoms with Crippen LogP contribution >= 0.6 is 0 Å². The lowest BCUT2D eigenvalue weighted by Crippen LogP contribution is -1.89. The van der Waals surface area contributed by atoms with E-state index in [-0.39, 0.29) is 0 Å². The van der Waals surface area contributed by atoms with Crippen molar-refractivity contribution < 1.29 is 0 Å². The van der Waals surface area contributed by atoms with Crippen molar-refractivity contribution in [1.82, 2.24) is 0 Å². The number of rotatable bonds is 5. The molecule has 0 N–H and O–H groups in total. The topological polar surface area (TPSA) is 12.4 Å². The van der Waals surface area contributed by atoms with Crippen molar-refractivity contribution in [3.8, 4) is 0 Å². The third-order valence-electron chi connectivity index (χ3n) is 1.92. The first-order valence-electron chi connectivity index (χ1n) is 4.95. The third-order valence-corrected chi connectivity index (χ3v) is 1.92. The largest absolute Gasteiger partial charge is 0.297 e. The van der Waals surface area contributed by atoms with E-state index in [9.17, 15) is 0 Å². The van der Waals surface area contributed by atoms with Gasteiger partial charge in [-0.15, -0.1) is 0 Å². The van der Waals surface area contributed by atoms with Crippen LogP contribution in [0.15, 0.2) is 35.3 Å². The molecule has 0 aromatic heterocycles. The molecule has 0 unspecified atom stereocenters. The van der Waals surface area contributed by atoms with E-state index in [1.54, 1.807) is 0 Å². The fraction of sp³-hybridized carbons (Fsp3) is 0.417. The van der Waals surface area contributed by atoms with Crippen LogP contribution in [0.25, 0.3) is 0 Å². The van der Waals surface area contributed by atoms with Gasteiger partial charge in [0.2, 0.25) is 0 Å². The minimum Gasteiger partial charge on any atom is -0.297 e. The van der Waals surface area contributed by atoms with E-state index >= 15 is 0 Å². The highest BCUT2D eigenvalue weighted by molar-refractivity contribution is 5.56. The standard InChI is InChI=1S/C12H17N/c1-2-3-10-13-11-9-12-7-5-4-6-8-12/h4-8,10H,2-3,9,11H2,1H3. The van der Waals surface area contributed by atoms with Gasteiger partial charge in [-0.25, -0.2) is 0 Å². The lowest BCUT2D eigenvalue weighted by Gasteiger charge is -1.95. The Labute approximate surface area is 80.5 Å². The number of unbranched alkanes of at least 4 members (excludes halogenated alkanes) is 1. The Morgan fingerprint density at radius 1 is 1.23 bits per heavy atom. The van der Waals surface area contributed by atoms with Gasteiger partial charge in [-0.05, 0) is 24.6 Å². The quantitative estimate of drug-likeness (QED) is 0.610. The van der Waals surface area contributed by atoms with Gasteiger partial charge in [-0.2, -0.15) is 0 Å². The fourth-order valence-electron chi connectivity index (χ4n) is 1.15. The number of hydrogen-bond acceptors (Lipinski definition) is 1. The maximum Gasteiger partial charge on any atom is 0.0425 e. The maximum atomic E-state index is 4.33. The number of nitrogens with zero attached hydrogens (tertiary/aromatic N) is 1. The summed E-state index contributed by atoms with van der Waals surface area (Å²) in [5, 5.41) is 0.